The Bertz CT molecular complexity index is 760. The molecule has 0 unspecified atom stereocenters. The number of hydrogen-bond donors (Lipinski definition) is 1. The lowest BCUT2D eigenvalue weighted by molar-refractivity contribution is -0.123. The van der Waals surface area contributed by atoms with Crippen LogP contribution in [0.3, 0.4) is 0 Å². The van der Waals surface area contributed by atoms with Gasteiger partial charge >= 0.3 is 0 Å². The van der Waals surface area contributed by atoms with Gasteiger partial charge in [0, 0.05) is 42.5 Å². The number of carbonyl (C=O) groups is 1. The first-order valence-electron chi connectivity index (χ1n) is 7.65. The number of ether oxygens (including phenoxy) is 1. The van der Waals surface area contributed by atoms with Crippen molar-refractivity contribution in [2.45, 2.75) is 35.7 Å². The number of sulfonamides is 1. The number of carbonyl (C=O) groups excluding carboxylic acids is 1. The van der Waals surface area contributed by atoms with Crippen LogP contribution in [0.25, 0.3) is 0 Å². The Hall–Kier alpha value is -0.380. The van der Waals surface area contributed by atoms with Crippen molar-refractivity contribution >= 4 is 55.1 Å². The van der Waals surface area contributed by atoms with Crippen molar-refractivity contribution in [3.05, 3.63) is 27.7 Å². The van der Waals surface area contributed by atoms with Crippen molar-refractivity contribution < 1.29 is 17.9 Å². The van der Waals surface area contributed by atoms with Crippen molar-refractivity contribution in [1.29, 1.82) is 0 Å². The summed E-state index contributed by atoms with van der Waals surface area (Å²) in [5, 5.41) is 3.25. The molecule has 1 aromatic carbocycles. The third-order valence-corrected chi connectivity index (χ3v) is 7.42. The minimum atomic E-state index is -3.99. The van der Waals surface area contributed by atoms with Gasteiger partial charge in [-0.25, -0.2) is 8.42 Å². The van der Waals surface area contributed by atoms with Crippen LogP contribution < -0.4 is 5.32 Å². The van der Waals surface area contributed by atoms with Crippen LogP contribution in [0.15, 0.2) is 17.0 Å². The Kier molecular flexibility index (Phi) is 7.15. The predicted molar refractivity (Wildman–Crippen MR) is 101 cm³/mol. The van der Waals surface area contributed by atoms with Crippen LogP contribution in [0.4, 0.5) is 0 Å². The molecule has 1 fully saturated rings. The Morgan fingerprint density at radius 3 is 2.68 bits per heavy atom. The SMILES string of the molecule is CCO[C@@H]1C[C@@H](C(=O)NC)N(S(=O)(=O)c2ccc(Cl)c(CBr)c2Cl)C1. The number of likely N-dealkylation sites (N-methyl/N-ethyl adjacent to an activating group) is 1. The summed E-state index contributed by atoms with van der Waals surface area (Å²) >= 11 is 15.6. The molecule has 0 bridgehead atoms. The van der Waals surface area contributed by atoms with Crippen molar-refractivity contribution in [3.63, 3.8) is 0 Å². The Labute approximate surface area is 166 Å². The molecule has 2 rings (SSSR count). The lowest BCUT2D eigenvalue weighted by atomic mass is 10.2. The first-order valence-corrected chi connectivity index (χ1v) is 11.0. The standard InChI is InChI=1S/C15H19BrCl2N2O4S/c1-3-24-9-6-12(15(21)19-2)20(8-9)25(22,23)13-5-4-11(17)10(7-16)14(13)18/h4-5,9,12H,3,6-8H2,1-2H3,(H,19,21)/t9-,12+/m1/s1. The molecule has 0 radical (unpaired) electrons. The number of hydrogen-bond acceptors (Lipinski definition) is 4. The third kappa shape index (κ3) is 4.14. The molecule has 0 aromatic heterocycles. The minimum Gasteiger partial charge on any atom is -0.377 e. The molecule has 0 saturated carbocycles. The zero-order chi connectivity index (χ0) is 18.8. The van der Waals surface area contributed by atoms with E-state index < -0.39 is 16.1 Å². The average Bonchev–Trinajstić information content (AvgIpc) is 2.99. The average molecular weight is 474 g/mol. The molecule has 2 atom stereocenters. The maximum atomic E-state index is 13.2. The minimum absolute atomic E-state index is 0.0555. The van der Waals surface area contributed by atoms with Gasteiger partial charge < -0.3 is 10.1 Å². The summed E-state index contributed by atoms with van der Waals surface area (Å²) in [5.41, 5.74) is 0.487. The lowest BCUT2D eigenvalue weighted by Crippen LogP contribution is -2.44. The molecule has 0 aliphatic carbocycles. The van der Waals surface area contributed by atoms with Crippen LogP contribution in [0, 0.1) is 0 Å². The number of halogens is 3. The first kappa shape index (κ1) is 20.9. The van der Waals surface area contributed by atoms with E-state index >= 15 is 0 Å². The maximum Gasteiger partial charge on any atom is 0.245 e. The number of amides is 1. The summed E-state index contributed by atoms with van der Waals surface area (Å²) in [6.07, 6.45) is -0.0488. The molecule has 0 spiro atoms. The molecule has 1 aliphatic rings. The van der Waals surface area contributed by atoms with Crippen LogP contribution in [-0.2, 0) is 24.9 Å². The highest BCUT2D eigenvalue weighted by atomic mass is 79.9. The van der Waals surface area contributed by atoms with E-state index in [-0.39, 0.29) is 28.5 Å². The highest BCUT2D eigenvalue weighted by molar-refractivity contribution is 9.08. The third-order valence-electron chi connectivity index (χ3n) is 4.04. The number of alkyl halides is 1. The van der Waals surface area contributed by atoms with Gasteiger partial charge in [-0.15, -0.1) is 0 Å². The summed E-state index contributed by atoms with van der Waals surface area (Å²) < 4.78 is 33.0. The van der Waals surface area contributed by atoms with Gasteiger partial charge in [-0.3, -0.25) is 4.79 Å². The molecule has 10 heteroatoms. The molecule has 1 aromatic rings. The van der Waals surface area contributed by atoms with Gasteiger partial charge in [-0.05, 0) is 19.1 Å². The molecule has 1 N–H and O–H groups in total. The fourth-order valence-electron chi connectivity index (χ4n) is 2.82. The molecular formula is C15H19BrCl2N2O4S. The Balaban J connectivity index is 2.48. The number of benzene rings is 1. The zero-order valence-electron chi connectivity index (χ0n) is 13.8. The van der Waals surface area contributed by atoms with Gasteiger partial charge in [0.1, 0.15) is 10.9 Å². The highest BCUT2D eigenvalue weighted by Gasteiger charge is 2.44. The van der Waals surface area contributed by atoms with Gasteiger partial charge in [-0.2, -0.15) is 4.31 Å². The molecule has 6 nitrogen and oxygen atoms in total. The summed E-state index contributed by atoms with van der Waals surface area (Å²) in [6.45, 7) is 2.36. The van der Waals surface area contributed by atoms with E-state index in [1.165, 1.54) is 19.2 Å². The van der Waals surface area contributed by atoms with Crippen LogP contribution in [0.5, 0.6) is 0 Å². The molecular weight excluding hydrogens is 455 g/mol. The van der Waals surface area contributed by atoms with E-state index in [0.717, 1.165) is 4.31 Å². The summed E-state index contributed by atoms with van der Waals surface area (Å²) in [5.74, 6) is -0.378. The zero-order valence-corrected chi connectivity index (χ0v) is 17.7. The Morgan fingerprint density at radius 2 is 2.12 bits per heavy atom. The predicted octanol–water partition coefficient (Wildman–Crippen LogP) is 2.80. The Morgan fingerprint density at radius 1 is 1.44 bits per heavy atom. The van der Waals surface area contributed by atoms with Crippen LogP contribution in [0.1, 0.15) is 18.9 Å². The quantitative estimate of drug-likeness (QED) is 0.644. The van der Waals surface area contributed by atoms with Gasteiger partial charge in [0.15, 0.2) is 0 Å². The van der Waals surface area contributed by atoms with Crippen molar-refractivity contribution in [1.82, 2.24) is 9.62 Å². The van der Waals surface area contributed by atoms with Gasteiger partial charge in [-0.1, -0.05) is 39.1 Å². The molecule has 140 valence electrons. The highest BCUT2D eigenvalue weighted by Crippen LogP contribution is 2.36. The monoisotopic (exact) mass is 472 g/mol. The summed E-state index contributed by atoms with van der Waals surface area (Å²) in [4.78, 5) is 12.1. The number of nitrogens with one attached hydrogen (secondary N) is 1. The number of nitrogens with zero attached hydrogens (tertiary/aromatic N) is 1. The second kappa shape index (κ2) is 8.54. The van der Waals surface area contributed by atoms with Crippen molar-refractivity contribution in [3.8, 4) is 0 Å². The normalized spacial score (nSPS) is 21.5. The van der Waals surface area contributed by atoms with Crippen molar-refractivity contribution in [2.75, 3.05) is 20.2 Å². The van der Waals surface area contributed by atoms with E-state index in [1.54, 1.807) is 0 Å². The summed E-state index contributed by atoms with van der Waals surface area (Å²) in [6, 6.07) is 2.01. The second-order valence-electron chi connectivity index (χ2n) is 5.49. The molecule has 25 heavy (non-hydrogen) atoms. The van der Waals surface area contributed by atoms with Gasteiger partial charge in [0.25, 0.3) is 0 Å². The second-order valence-corrected chi connectivity index (χ2v) is 8.69. The lowest BCUT2D eigenvalue weighted by Gasteiger charge is -2.23. The van der Waals surface area contributed by atoms with E-state index in [4.69, 9.17) is 27.9 Å². The molecule has 1 heterocycles. The topological polar surface area (TPSA) is 75.7 Å². The van der Waals surface area contributed by atoms with Crippen LogP contribution in [-0.4, -0.2) is 51.0 Å². The molecule has 1 saturated heterocycles. The largest absolute Gasteiger partial charge is 0.377 e. The number of rotatable bonds is 6. The smallest absolute Gasteiger partial charge is 0.245 e. The van der Waals surface area contributed by atoms with Crippen LogP contribution in [0.2, 0.25) is 10.0 Å². The van der Waals surface area contributed by atoms with E-state index in [2.05, 4.69) is 21.2 Å². The van der Waals surface area contributed by atoms with Crippen molar-refractivity contribution in [2.24, 2.45) is 0 Å². The fraction of sp³-hybridized carbons (Fsp3) is 0.533. The molecule has 1 aliphatic heterocycles. The maximum absolute atomic E-state index is 13.2. The van der Waals surface area contributed by atoms with Gasteiger partial charge in [0.05, 0.1) is 11.1 Å². The van der Waals surface area contributed by atoms with E-state index in [0.29, 0.717) is 28.9 Å². The van der Waals surface area contributed by atoms with Crippen LogP contribution >= 0.6 is 39.1 Å². The molecule has 1 amide bonds. The van der Waals surface area contributed by atoms with E-state index in [1.807, 2.05) is 6.92 Å². The summed E-state index contributed by atoms with van der Waals surface area (Å²) in [7, 11) is -2.52. The van der Waals surface area contributed by atoms with Gasteiger partial charge in [0.2, 0.25) is 15.9 Å². The fourth-order valence-corrected chi connectivity index (χ4v) is 6.24. The van der Waals surface area contributed by atoms with E-state index in [9.17, 15) is 13.2 Å². The first-order chi connectivity index (χ1) is 11.8.